The summed E-state index contributed by atoms with van der Waals surface area (Å²) in [6.07, 6.45) is 3.22. The van der Waals surface area contributed by atoms with E-state index in [0.717, 1.165) is 13.1 Å². The third-order valence-electron chi connectivity index (χ3n) is 4.00. The maximum atomic E-state index is 5.97. The van der Waals surface area contributed by atoms with Crippen molar-refractivity contribution in [2.24, 2.45) is 18.2 Å². The maximum absolute atomic E-state index is 5.97. The lowest BCUT2D eigenvalue weighted by molar-refractivity contribution is 0.222. The van der Waals surface area contributed by atoms with Gasteiger partial charge in [-0.2, -0.15) is 5.10 Å². The average molecular weight is 236 g/mol. The lowest BCUT2D eigenvalue weighted by Crippen LogP contribution is -2.33. The van der Waals surface area contributed by atoms with Crippen LogP contribution in [0.3, 0.4) is 0 Å². The maximum Gasteiger partial charge on any atom is 0.0540 e. The lowest BCUT2D eigenvalue weighted by atomic mass is 9.93. The molecule has 4 heteroatoms. The fourth-order valence-corrected chi connectivity index (χ4v) is 2.74. The molecule has 2 rings (SSSR count). The third-order valence-corrected chi connectivity index (χ3v) is 4.00. The number of rotatable bonds is 3. The van der Waals surface area contributed by atoms with E-state index in [0.29, 0.717) is 18.0 Å². The van der Waals surface area contributed by atoms with Crippen LogP contribution >= 0.6 is 0 Å². The summed E-state index contributed by atoms with van der Waals surface area (Å²) in [5.41, 5.74) is 8.90. The number of hydrogen-bond donors (Lipinski definition) is 1. The van der Waals surface area contributed by atoms with Crippen LogP contribution in [-0.2, 0) is 7.05 Å². The zero-order chi connectivity index (χ0) is 12.6. The second kappa shape index (κ2) is 4.42. The molecule has 1 aliphatic heterocycles. The third kappa shape index (κ3) is 2.38. The molecule has 0 amide bonds. The summed E-state index contributed by atoms with van der Waals surface area (Å²) in [4.78, 5) is 2.50. The van der Waals surface area contributed by atoms with E-state index in [-0.39, 0.29) is 0 Å². The van der Waals surface area contributed by atoms with Crippen molar-refractivity contribution in [1.82, 2.24) is 14.7 Å². The molecule has 17 heavy (non-hydrogen) atoms. The summed E-state index contributed by atoms with van der Waals surface area (Å²) in [5, 5.41) is 4.33. The van der Waals surface area contributed by atoms with Gasteiger partial charge in [-0.05, 0) is 25.3 Å². The van der Waals surface area contributed by atoms with E-state index in [9.17, 15) is 0 Å². The quantitative estimate of drug-likeness (QED) is 0.864. The van der Waals surface area contributed by atoms with Crippen LogP contribution in [0.4, 0.5) is 0 Å². The highest BCUT2D eigenvalue weighted by Crippen LogP contribution is 2.34. The van der Waals surface area contributed by atoms with Gasteiger partial charge in [-0.1, -0.05) is 13.8 Å². The van der Waals surface area contributed by atoms with Gasteiger partial charge in [0, 0.05) is 31.4 Å². The van der Waals surface area contributed by atoms with Crippen molar-refractivity contribution >= 4 is 0 Å². The molecule has 1 aliphatic rings. The zero-order valence-electron chi connectivity index (χ0n) is 11.4. The number of likely N-dealkylation sites (tertiary alicyclic amines) is 1. The minimum absolute atomic E-state index is 0.325. The highest BCUT2D eigenvalue weighted by Gasteiger charge is 2.34. The van der Waals surface area contributed by atoms with E-state index in [4.69, 9.17) is 5.73 Å². The van der Waals surface area contributed by atoms with Gasteiger partial charge in [0.05, 0.1) is 12.2 Å². The summed E-state index contributed by atoms with van der Waals surface area (Å²) < 4.78 is 1.93. The molecule has 4 nitrogen and oxygen atoms in total. The van der Waals surface area contributed by atoms with Crippen molar-refractivity contribution in [1.29, 1.82) is 0 Å². The molecule has 0 aliphatic carbocycles. The van der Waals surface area contributed by atoms with Gasteiger partial charge in [-0.15, -0.1) is 0 Å². The number of aryl methyl sites for hydroxylation is 1. The zero-order valence-corrected chi connectivity index (χ0v) is 11.4. The minimum atomic E-state index is 0.325. The molecule has 0 aromatic carbocycles. The number of aromatic nitrogens is 2. The SMILES string of the molecule is Cc1c(C(CN)N2CCC(C)(C)C2)cnn1C. The topological polar surface area (TPSA) is 47.1 Å². The van der Waals surface area contributed by atoms with Gasteiger partial charge < -0.3 is 5.73 Å². The first-order valence-electron chi connectivity index (χ1n) is 6.37. The Bertz CT molecular complexity index is 394. The Hall–Kier alpha value is -0.870. The van der Waals surface area contributed by atoms with Gasteiger partial charge in [-0.3, -0.25) is 9.58 Å². The highest BCUT2D eigenvalue weighted by atomic mass is 15.3. The van der Waals surface area contributed by atoms with E-state index in [1.165, 1.54) is 17.7 Å². The summed E-state index contributed by atoms with van der Waals surface area (Å²) in [6.45, 7) is 9.72. The van der Waals surface area contributed by atoms with E-state index >= 15 is 0 Å². The summed E-state index contributed by atoms with van der Waals surface area (Å²) in [7, 11) is 1.99. The van der Waals surface area contributed by atoms with Crippen LogP contribution in [0.15, 0.2) is 6.20 Å². The standard InChI is InChI=1S/C13H24N4/c1-10-11(8-15-16(10)4)12(7-14)17-6-5-13(2,3)9-17/h8,12H,5-7,9,14H2,1-4H3. The van der Waals surface area contributed by atoms with Gasteiger partial charge in [0.15, 0.2) is 0 Å². The molecular weight excluding hydrogens is 212 g/mol. The van der Waals surface area contributed by atoms with Crippen LogP contribution < -0.4 is 5.73 Å². The summed E-state index contributed by atoms with van der Waals surface area (Å²) in [6, 6.07) is 0.325. The summed E-state index contributed by atoms with van der Waals surface area (Å²) in [5.74, 6) is 0. The first-order valence-corrected chi connectivity index (χ1v) is 6.37. The molecule has 2 heterocycles. The predicted molar refractivity (Wildman–Crippen MR) is 69.7 cm³/mol. The van der Waals surface area contributed by atoms with Gasteiger partial charge in [-0.25, -0.2) is 0 Å². The average Bonchev–Trinajstić information content (AvgIpc) is 2.77. The van der Waals surface area contributed by atoms with Crippen molar-refractivity contribution < 1.29 is 0 Å². The van der Waals surface area contributed by atoms with Crippen molar-refractivity contribution in [3.63, 3.8) is 0 Å². The fraction of sp³-hybridized carbons (Fsp3) is 0.769. The van der Waals surface area contributed by atoms with Crippen molar-refractivity contribution in [3.8, 4) is 0 Å². The molecule has 1 saturated heterocycles. The van der Waals surface area contributed by atoms with E-state index < -0.39 is 0 Å². The Morgan fingerprint density at radius 1 is 1.53 bits per heavy atom. The second-order valence-electron chi connectivity index (χ2n) is 5.95. The Labute approximate surface area is 104 Å². The van der Waals surface area contributed by atoms with Crippen molar-refractivity contribution in [2.75, 3.05) is 19.6 Å². The molecular formula is C13H24N4. The van der Waals surface area contributed by atoms with Crippen molar-refractivity contribution in [2.45, 2.75) is 33.2 Å². The van der Waals surface area contributed by atoms with Crippen LogP contribution in [-0.4, -0.2) is 34.3 Å². The van der Waals surface area contributed by atoms with Crippen LogP contribution in [0.1, 0.15) is 37.6 Å². The molecule has 1 fully saturated rings. The molecule has 96 valence electrons. The Balaban J connectivity index is 2.20. The van der Waals surface area contributed by atoms with Crippen LogP contribution in [0, 0.1) is 12.3 Å². The molecule has 0 saturated carbocycles. The first kappa shape index (κ1) is 12.6. The molecule has 1 unspecified atom stereocenters. The Morgan fingerprint density at radius 3 is 2.65 bits per heavy atom. The summed E-state index contributed by atoms with van der Waals surface area (Å²) >= 11 is 0. The van der Waals surface area contributed by atoms with Gasteiger partial charge >= 0.3 is 0 Å². The van der Waals surface area contributed by atoms with Crippen LogP contribution in [0.2, 0.25) is 0 Å². The van der Waals surface area contributed by atoms with E-state index in [1.807, 2.05) is 17.9 Å². The Kier molecular flexibility index (Phi) is 3.27. The fourth-order valence-electron chi connectivity index (χ4n) is 2.74. The van der Waals surface area contributed by atoms with Crippen LogP contribution in [0.5, 0.6) is 0 Å². The highest BCUT2D eigenvalue weighted by molar-refractivity contribution is 5.21. The van der Waals surface area contributed by atoms with Gasteiger partial charge in [0.1, 0.15) is 0 Å². The molecule has 0 spiro atoms. The van der Waals surface area contributed by atoms with Crippen LogP contribution in [0.25, 0.3) is 0 Å². The molecule has 0 radical (unpaired) electrons. The first-order chi connectivity index (χ1) is 7.94. The van der Waals surface area contributed by atoms with Gasteiger partial charge in [0.2, 0.25) is 0 Å². The van der Waals surface area contributed by atoms with Crippen molar-refractivity contribution in [3.05, 3.63) is 17.5 Å². The Morgan fingerprint density at radius 2 is 2.24 bits per heavy atom. The monoisotopic (exact) mass is 236 g/mol. The smallest absolute Gasteiger partial charge is 0.0540 e. The van der Waals surface area contributed by atoms with E-state index in [1.54, 1.807) is 0 Å². The predicted octanol–water partition coefficient (Wildman–Crippen LogP) is 1.46. The number of nitrogens with two attached hydrogens (primary N) is 1. The lowest BCUT2D eigenvalue weighted by Gasteiger charge is -2.28. The largest absolute Gasteiger partial charge is 0.329 e. The molecule has 1 aromatic rings. The molecule has 2 N–H and O–H groups in total. The number of hydrogen-bond acceptors (Lipinski definition) is 3. The second-order valence-corrected chi connectivity index (χ2v) is 5.95. The van der Waals surface area contributed by atoms with Gasteiger partial charge in [0.25, 0.3) is 0 Å². The molecule has 0 bridgehead atoms. The number of nitrogens with zero attached hydrogens (tertiary/aromatic N) is 3. The normalized spacial score (nSPS) is 21.9. The molecule has 1 aromatic heterocycles. The minimum Gasteiger partial charge on any atom is -0.329 e. The molecule has 1 atom stereocenters. The van der Waals surface area contributed by atoms with E-state index in [2.05, 4.69) is 30.8 Å².